The Kier molecular flexibility index (Phi) is 6.79. The first kappa shape index (κ1) is 19.7. The highest BCUT2D eigenvalue weighted by Crippen LogP contribution is 2.56. The molecule has 2 aliphatic heterocycles. The second-order valence-corrected chi connectivity index (χ2v) is 12.4. The third-order valence-corrected chi connectivity index (χ3v) is 10.4. The quantitative estimate of drug-likeness (QED) is 0.505. The first-order valence-corrected chi connectivity index (χ1v) is 13.3. The van der Waals surface area contributed by atoms with Crippen LogP contribution < -0.4 is 9.47 Å². The molecule has 0 spiro atoms. The van der Waals surface area contributed by atoms with Crippen molar-refractivity contribution in [3.8, 4) is 11.5 Å². The van der Waals surface area contributed by atoms with Crippen LogP contribution in [0.1, 0.15) is 19.3 Å². The zero-order valence-electron chi connectivity index (χ0n) is 15.2. The Hall–Kier alpha value is -0.560. The van der Waals surface area contributed by atoms with E-state index in [2.05, 4.69) is 24.3 Å². The highest BCUT2D eigenvalue weighted by molar-refractivity contribution is 8.20. The summed E-state index contributed by atoms with van der Waals surface area (Å²) >= 11 is 7.77. The van der Waals surface area contributed by atoms with Crippen LogP contribution in [0.3, 0.4) is 0 Å². The molecule has 2 aliphatic rings. The minimum atomic E-state index is -0.300. The van der Waals surface area contributed by atoms with Crippen LogP contribution in [0.2, 0.25) is 0 Å². The first-order chi connectivity index (χ1) is 13.3. The van der Waals surface area contributed by atoms with Gasteiger partial charge in [0.15, 0.2) is 0 Å². The summed E-state index contributed by atoms with van der Waals surface area (Å²) in [7, 11) is 0. The number of benzene rings is 2. The van der Waals surface area contributed by atoms with E-state index in [-0.39, 0.29) is 8.53 Å². The van der Waals surface area contributed by atoms with E-state index in [1.54, 1.807) is 0 Å². The van der Waals surface area contributed by atoms with Crippen LogP contribution >= 0.6 is 47.0 Å². The maximum atomic E-state index is 6.63. The van der Waals surface area contributed by atoms with Gasteiger partial charge in [-0.1, -0.05) is 36.4 Å². The third-order valence-electron chi connectivity index (χ3n) is 4.33. The second kappa shape index (κ2) is 9.29. The molecule has 4 rings (SSSR count). The molecule has 2 fully saturated rings. The predicted molar refractivity (Wildman–Crippen MR) is 123 cm³/mol. The molecule has 0 aliphatic carbocycles. The molecule has 2 aromatic rings. The van der Waals surface area contributed by atoms with E-state index in [0.29, 0.717) is 0 Å². The SMILES string of the molecule is c1ccc(OC2(CC3(Oc4ccccc4)SCCCS3)SCCCS2)cc1. The lowest BCUT2D eigenvalue weighted by Gasteiger charge is -2.44. The minimum absolute atomic E-state index is 0.300. The summed E-state index contributed by atoms with van der Waals surface area (Å²) < 4.78 is 12.7. The smallest absolute Gasteiger partial charge is 0.207 e. The second-order valence-electron chi connectivity index (χ2n) is 6.47. The topological polar surface area (TPSA) is 18.5 Å². The number of hydrogen-bond acceptors (Lipinski definition) is 6. The first-order valence-electron chi connectivity index (χ1n) is 9.32. The molecule has 2 saturated heterocycles. The monoisotopic (exact) mass is 436 g/mol. The van der Waals surface area contributed by atoms with Gasteiger partial charge in [-0.25, -0.2) is 0 Å². The standard InChI is InChI=1S/C21H24O2S4/c1-3-9-18(10-4-1)22-20(24-13-7-14-25-20)17-21(26-15-8-16-27-21)23-19-11-5-2-6-12-19/h1-6,9-12H,7-8,13-17H2. The van der Waals surface area contributed by atoms with Crippen molar-refractivity contribution in [1.29, 1.82) is 0 Å². The fraction of sp³-hybridized carbons (Fsp3) is 0.429. The van der Waals surface area contributed by atoms with Gasteiger partial charge in [0.05, 0.1) is 6.42 Å². The fourth-order valence-corrected chi connectivity index (χ4v) is 9.75. The van der Waals surface area contributed by atoms with Crippen molar-refractivity contribution in [2.45, 2.75) is 27.8 Å². The summed E-state index contributed by atoms with van der Waals surface area (Å²) in [6.07, 6.45) is 3.33. The van der Waals surface area contributed by atoms with Crippen LogP contribution in [-0.2, 0) is 0 Å². The number of ether oxygens (including phenoxy) is 2. The van der Waals surface area contributed by atoms with E-state index in [9.17, 15) is 0 Å². The normalized spacial score (nSPS) is 21.3. The van der Waals surface area contributed by atoms with Crippen molar-refractivity contribution < 1.29 is 9.47 Å². The molecule has 2 nitrogen and oxygen atoms in total. The number of rotatable bonds is 6. The maximum absolute atomic E-state index is 6.63. The Morgan fingerprint density at radius 2 is 0.963 bits per heavy atom. The van der Waals surface area contributed by atoms with E-state index < -0.39 is 0 Å². The number of para-hydroxylation sites is 2. The fourth-order valence-electron chi connectivity index (χ4n) is 3.11. The van der Waals surface area contributed by atoms with Crippen molar-refractivity contribution in [2.75, 3.05) is 23.0 Å². The molecule has 27 heavy (non-hydrogen) atoms. The lowest BCUT2D eigenvalue weighted by Crippen LogP contribution is -2.44. The van der Waals surface area contributed by atoms with Crippen LogP contribution in [0, 0.1) is 0 Å². The van der Waals surface area contributed by atoms with Gasteiger partial charge in [0, 0.05) is 0 Å². The summed E-state index contributed by atoms with van der Waals surface area (Å²) in [5.74, 6) is 6.43. The lowest BCUT2D eigenvalue weighted by molar-refractivity contribution is 0.168. The van der Waals surface area contributed by atoms with Crippen molar-refractivity contribution in [1.82, 2.24) is 0 Å². The van der Waals surface area contributed by atoms with Gasteiger partial charge >= 0.3 is 0 Å². The van der Waals surface area contributed by atoms with Crippen LogP contribution in [0.25, 0.3) is 0 Å². The van der Waals surface area contributed by atoms with E-state index in [0.717, 1.165) is 40.9 Å². The molecule has 2 aromatic carbocycles. The van der Waals surface area contributed by atoms with Gasteiger partial charge < -0.3 is 9.47 Å². The molecule has 0 saturated carbocycles. The maximum Gasteiger partial charge on any atom is 0.207 e. The van der Waals surface area contributed by atoms with Crippen molar-refractivity contribution in [2.24, 2.45) is 0 Å². The molecule has 0 atom stereocenters. The number of thioether (sulfide) groups is 4. The average molecular weight is 437 g/mol. The molecule has 0 amide bonds. The van der Waals surface area contributed by atoms with Gasteiger partial charge in [0.1, 0.15) is 11.5 Å². The van der Waals surface area contributed by atoms with Crippen LogP contribution in [-0.4, -0.2) is 31.5 Å². The predicted octanol–water partition coefficient (Wildman–Crippen LogP) is 6.58. The Morgan fingerprint density at radius 1 is 0.593 bits per heavy atom. The summed E-state index contributed by atoms with van der Waals surface area (Å²) in [6.45, 7) is 0. The molecule has 0 bridgehead atoms. The summed E-state index contributed by atoms with van der Waals surface area (Å²) in [5, 5.41) is 0. The molecule has 0 unspecified atom stereocenters. The summed E-state index contributed by atoms with van der Waals surface area (Å²) in [6, 6.07) is 20.5. The summed E-state index contributed by atoms with van der Waals surface area (Å²) in [4.78, 5) is 0. The summed E-state index contributed by atoms with van der Waals surface area (Å²) in [5.41, 5.74) is 0. The Labute approximate surface area is 178 Å². The molecular formula is C21H24O2S4. The Balaban J connectivity index is 1.59. The van der Waals surface area contributed by atoms with E-state index in [1.165, 1.54) is 12.8 Å². The lowest BCUT2D eigenvalue weighted by atomic mass is 10.3. The molecule has 0 aromatic heterocycles. The van der Waals surface area contributed by atoms with E-state index >= 15 is 0 Å². The van der Waals surface area contributed by atoms with Crippen LogP contribution in [0.5, 0.6) is 11.5 Å². The molecular weight excluding hydrogens is 412 g/mol. The van der Waals surface area contributed by atoms with Gasteiger partial charge in [0.25, 0.3) is 0 Å². The van der Waals surface area contributed by atoms with Gasteiger partial charge in [-0.05, 0) is 60.1 Å². The molecule has 0 radical (unpaired) electrons. The van der Waals surface area contributed by atoms with Crippen molar-refractivity contribution in [3.63, 3.8) is 0 Å². The third kappa shape index (κ3) is 5.28. The molecule has 0 N–H and O–H groups in total. The zero-order valence-corrected chi connectivity index (χ0v) is 18.4. The van der Waals surface area contributed by atoms with Crippen molar-refractivity contribution in [3.05, 3.63) is 60.7 Å². The highest BCUT2D eigenvalue weighted by Gasteiger charge is 2.48. The van der Waals surface area contributed by atoms with Crippen LogP contribution in [0.15, 0.2) is 60.7 Å². The minimum Gasteiger partial charge on any atom is -0.467 e. The van der Waals surface area contributed by atoms with Gasteiger partial charge in [-0.2, -0.15) is 0 Å². The average Bonchev–Trinajstić information content (AvgIpc) is 2.70. The highest BCUT2D eigenvalue weighted by atomic mass is 32.2. The van der Waals surface area contributed by atoms with Crippen molar-refractivity contribution >= 4 is 47.0 Å². The number of hydrogen-bond donors (Lipinski definition) is 0. The molecule has 2 heterocycles. The van der Waals surface area contributed by atoms with Crippen LogP contribution in [0.4, 0.5) is 0 Å². The van der Waals surface area contributed by atoms with E-state index in [4.69, 9.17) is 9.47 Å². The largest absolute Gasteiger partial charge is 0.467 e. The molecule has 6 heteroatoms. The zero-order chi connectivity index (χ0) is 18.4. The van der Waals surface area contributed by atoms with Gasteiger partial charge in [0.2, 0.25) is 8.53 Å². The Bertz CT molecular complexity index is 637. The molecule has 144 valence electrons. The van der Waals surface area contributed by atoms with Gasteiger partial charge in [-0.3, -0.25) is 0 Å². The Morgan fingerprint density at radius 3 is 1.33 bits per heavy atom. The van der Waals surface area contributed by atoms with E-state index in [1.807, 2.05) is 83.4 Å². The van der Waals surface area contributed by atoms with Gasteiger partial charge in [-0.15, -0.1) is 47.0 Å².